The maximum atomic E-state index is 2.42. The highest BCUT2D eigenvalue weighted by Gasteiger charge is 2.21. The fourth-order valence-electron chi connectivity index (χ4n) is 6.95. The summed E-state index contributed by atoms with van der Waals surface area (Å²) in [7, 11) is 0. The second-order valence-electron chi connectivity index (χ2n) is 11.3. The first-order chi connectivity index (χ1) is 21.3. The van der Waals surface area contributed by atoms with E-state index in [1.807, 2.05) is 11.8 Å². The molecule has 200 valence electrons. The van der Waals surface area contributed by atoms with Crippen molar-refractivity contribution in [1.29, 1.82) is 0 Å². The van der Waals surface area contributed by atoms with E-state index in [0.29, 0.717) is 0 Å². The lowest BCUT2D eigenvalue weighted by molar-refractivity contribution is 1.40. The van der Waals surface area contributed by atoms with Gasteiger partial charge in [-0.15, -0.1) is 0 Å². The average molecular weight is 563 g/mol. The third-order valence-corrected chi connectivity index (χ3v) is 9.95. The summed E-state index contributed by atoms with van der Waals surface area (Å²) in [5, 5.41) is 7.80. The molecule has 0 aromatic heterocycles. The molecule has 1 heterocycles. The summed E-state index contributed by atoms with van der Waals surface area (Å²) in [5.41, 5.74) is 10.2. The Kier molecular flexibility index (Phi) is 5.54. The van der Waals surface area contributed by atoms with Gasteiger partial charge in [-0.05, 0) is 89.6 Å². The minimum absolute atomic E-state index is 1.23. The molecule has 1 heteroatoms. The third-order valence-electron chi connectivity index (χ3n) is 8.84. The normalized spacial score (nSPS) is 12.1. The highest BCUT2D eigenvalue weighted by molar-refractivity contribution is 7.99. The van der Waals surface area contributed by atoms with Crippen LogP contribution in [0, 0.1) is 0 Å². The highest BCUT2D eigenvalue weighted by Crippen LogP contribution is 2.50. The number of benzene rings is 8. The Morgan fingerprint density at radius 1 is 0.326 bits per heavy atom. The summed E-state index contributed by atoms with van der Waals surface area (Å²) < 4.78 is 0. The third kappa shape index (κ3) is 3.86. The highest BCUT2D eigenvalue weighted by atomic mass is 32.2. The van der Waals surface area contributed by atoms with E-state index in [0.717, 1.165) is 0 Å². The van der Waals surface area contributed by atoms with Gasteiger partial charge in [0, 0.05) is 15.2 Å². The topological polar surface area (TPSA) is 0 Å². The van der Waals surface area contributed by atoms with Crippen molar-refractivity contribution >= 4 is 44.1 Å². The second-order valence-corrected chi connectivity index (χ2v) is 12.3. The molecule has 0 radical (unpaired) electrons. The van der Waals surface area contributed by atoms with Crippen molar-refractivity contribution in [1.82, 2.24) is 0 Å². The monoisotopic (exact) mass is 562 g/mol. The minimum atomic E-state index is 1.23. The Bertz CT molecular complexity index is 2300. The van der Waals surface area contributed by atoms with Gasteiger partial charge in [0.15, 0.2) is 0 Å². The second kappa shape index (κ2) is 9.73. The van der Waals surface area contributed by atoms with E-state index in [-0.39, 0.29) is 0 Å². The molecule has 0 atom stereocenters. The van der Waals surface area contributed by atoms with Gasteiger partial charge in [0.05, 0.1) is 0 Å². The van der Waals surface area contributed by atoms with Crippen molar-refractivity contribution in [3.63, 3.8) is 0 Å². The van der Waals surface area contributed by atoms with Crippen LogP contribution < -0.4 is 0 Å². The van der Waals surface area contributed by atoms with Gasteiger partial charge < -0.3 is 0 Å². The molecule has 0 spiro atoms. The first-order valence-corrected chi connectivity index (χ1v) is 15.6. The molecule has 0 saturated heterocycles. The molecule has 0 amide bonds. The van der Waals surface area contributed by atoms with E-state index in [2.05, 4.69) is 158 Å². The lowest BCUT2D eigenvalue weighted by atomic mass is 9.85. The molecule has 0 fully saturated rings. The van der Waals surface area contributed by atoms with Gasteiger partial charge in [-0.25, -0.2) is 0 Å². The van der Waals surface area contributed by atoms with Crippen LogP contribution in [0.3, 0.4) is 0 Å². The summed E-state index contributed by atoms with van der Waals surface area (Å²) in [6, 6.07) is 57.9. The fraction of sp³-hybridized carbons (Fsp3) is 0. The van der Waals surface area contributed by atoms with Crippen molar-refractivity contribution in [2.75, 3.05) is 0 Å². The molecule has 43 heavy (non-hydrogen) atoms. The number of hydrogen-bond donors (Lipinski definition) is 0. The van der Waals surface area contributed by atoms with Crippen molar-refractivity contribution in [2.24, 2.45) is 0 Å². The lowest BCUT2D eigenvalue weighted by Crippen LogP contribution is -1.95. The minimum Gasteiger partial charge on any atom is -0.0888 e. The van der Waals surface area contributed by atoms with Crippen LogP contribution in [0.1, 0.15) is 0 Å². The zero-order valence-electron chi connectivity index (χ0n) is 23.4. The van der Waals surface area contributed by atoms with E-state index >= 15 is 0 Å². The molecule has 0 bridgehead atoms. The van der Waals surface area contributed by atoms with Crippen molar-refractivity contribution in [3.05, 3.63) is 158 Å². The van der Waals surface area contributed by atoms with E-state index in [9.17, 15) is 0 Å². The molecule has 0 N–H and O–H groups in total. The van der Waals surface area contributed by atoms with Gasteiger partial charge in [0.1, 0.15) is 0 Å². The fourth-order valence-corrected chi connectivity index (χ4v) is 8.14. The smallest absolute Gasteiger partial charge is 0.0207 e. The van der Waals surface area contributed by atoms with Crippen LogP contribution >= 0.6 is 11.8 Å². The quantitative estimate of drug-likeness (QED) is 0.193. The van der Waals surface area contributed by atoms with E-state index in [4.69, 9.17) is 0 Å². The summed E-state index contributed by atoms with van der Waals surface area (Å²) in [4.78, 5) is 2.65. The van der Waals surface area contributed by atoms with Crippen LogP contribution in [0.25, 0.3) is 76.8 Å². The molecule has 0 nitrogen and oxygen atoms in total. The molecule has 9 rings (SSSR count). The summed E-state index contributed by atoms with van der Waals surface area (Å²) in [5.74, 6) is 0. The Morgan fingerprint density at radius 2 is 0.884 bits per heavy atom. The van der Waals surface area contributed by atoms with Crippen molar-refractivity contribution in [3.8, 4) is 44.5 Å². The zero-order valence-corrected chi connectivity index (χ0v) is 24.2. The average Bonchev–Trinajstić information content (AvgIpc) is 3.07. The lowest BCUT2D eigenvalue weighted by Gasteiger charge is -2.22. The van der Waals surface area contributed by atoms with Crippen LogP contribution in [0.2, 0.25) is 0 Å². The predicted molar refractivity (Wildman–Crippen MR) is 185 cm³/mol. The molecular formula is C42H26S. The first kappa shape index (κ1) is 24.5. The molecule has 8 aromatic carbocycles. The van der Waals surface area contributed by atoms with E-state index in [1.165, 1.54) is 86.6 Å². The Labute approximate surface area is 255 Å². The van der Waals surface area contributed by atoms with Crippen LogP contribution in [-0.4, -0.2) is 0 Å². The number of rotatable bonds is 3. The molecule has 1 aliphatic heterocycles. The Hall–Kier alpha value is -5.11. The molecule has 8 aromatic rings. The number of fused-ring (bicyclic) bond motifs is 4. The molecular weight excluding hydrogens is 537 g/mol. The van der Waals surface area contributed by atoms with Gasteiger partial charge in [0.2, 0.25) is 0 Å². The van der Waals surface area contributed by atoms with Gasteiger partial charge in [-0.2, -0.15) is 0 Å². The van der Waals surface area contributed by atoms with E-state index in [1.54, 1.807) is 0 Å². The summed E-state index contributed by atoms with van der Waals surface area (Å²) in [6.45, 7) is 0. The van der Waals surface area contributed by atoms with Crippen LogP contribution in [0.4, 0.5) is 0 Å². The maximum Gasteiger partial charge on any atom is 0.0207 e. The maximum absolute atomic E-state index is 2.42. The largest absolute Gasteiger partial charge is 0.0888 e. The summed E-state index contributed by atoms with van der Waals surface area (Å²) >= 11 is 1.89. The van der Waals surface area contributed by atoms with Gasteiger partial charge in [0.25, 0.3) is 0 Å². The molecule has 0 unspecified atom stereocenters. The standard InChI is InChI=1S/C42H26S/c1-2-11-27(12-3-1)29-15-8-16-30(25-29)40-34-17-4-6-19-36(34)41(37-20-7-5-18-35(37)40)31-23-24-32-33-21-9-13-28-14-10-22-38(42(28)33)43-39(32)26-31/h1-26H. The van der Waals surface area contributed by atoms with E-state index < -0.39 is 0 Å². The van der Waals surface area contributed by atoms with Gasteiger partial charge in [-0.1, -0.05) is 151 Å². The van der Waals surface area contributed by atoms with Crippen molar-refractivity contribution in [2.45, 2.75) is 9.79 Å². The summed E-state index contributed by atoms with van der Waals surface area (Å²) in [6.07, 6.45) is 0. The predicted octanol–water partition coefficient (Wildman–Crippen LogP) is 12.3. The Morgan fingerprint density at radius 3 is 1.58 bits per heavy atom. The number of hydrogen-bond acceptors (Lipinski definition) is 1. The van der Waals surface area contributed by atoms with Crippen molar-refractivity contribution < 1.29 is 0 Å². The van der Waals surface area contributed by atoms with Crippen LogP contribution in [0.15, 0.2) is 168 Å². The first-order valence-electron chi connectivity index (χ1n) is 14.8. The van der Waals surface area contributed by atoms with Gasteiger partial charge >= 0.3 is 0 Å². The zero-order chi connectivity index (χ0) is 28.3. The van der Waals surface area contributed by atoms with Crippen LogP contribution in [0.5, 0.6) is 0 Å². The molecule has 0 aliphatic carbocycles. The van der Waals surface area contributed by atoms with Crippen LogP contribution in [-0.2, 0) is 0 Å². The van der Waals surface area contributed by atoms with Gasteiger partial charge in [-0.3, -0.25) is 0 Å². The molecule has 1 aliphatic rings. The molecule has 0 saturated carbocycles. The SMILES string of the molecule is c1ccc(-c2cccc(-c3c4ccccc4c(-c4ccc5c(c4)Sc4cccc6cccc-5c46)c4ccccc34)c2)cc1. The Balaban J connectivity index is 1.29.